The second-order valence-corrected chi connectivity index (χ2v) is 13.6. The molecule has 0 saturated heterocycles. The number of nitrogens with zero attached hydrogens (tertiary/aromatic N) is 2. The number of aromatic hydroxyl groups is 2. The lowest BCUT2D eigenvalue weighted by molar-refractivity contribution is -0.111. The number of hydrogen-bond acceptors (Lipinski definition) is 11. The number of benzene rings is 5. The van der Waals surface area contributed by atoms with Crippen LogP contribution in [0.5, 0.6) is 34.5 Å². The zero-order chi connectivity index (χ0) is 31.5. The van der Waals surface area contributed by atoms with Crippen molar-refractivity contribution in [2.24, 2.45) is 9.98 Å². The largest absolute Gasteiger partial charge is 0.504 e. The molecule has 0 amide bonds. The van der Waals surface area contributed by atoms with Gasteiger partial charge in [0.1, 0.15) is 11.5 Å². The van der Waals surface area contributed by atoms with Crippen molar-refractivity contribution in [3.05, 3.63) is 27.4 Å². The van der Waals surface area contributed by atoms with Gasteiger partial charge in [0.15, 0.2) is 28.8 Å². The predicted octanol–water partition coefficient (Wildman–Crippen LogP) is 5.55. The topological polar surface area (TPSA) is 119 Å². The summed E-state index contributed by atoms with van der Waals surface area (Å²) < 4.78 is 24.5. The van der Waals surface area contributed by atoms with Crippen molar-refractivity contribution in [1.29, 1.82) is 0 Å². The van der Waals surface area contributed by atoms with Crippen molar-refractivity contribution in [3.8, 4) is 34.5 Å². The lowest BCUT2D eigenvalue weighted by Gasteiger charge is -2.27. The molecule has 45 heavy (non-hydrogen) atoms. The van der Waals surface area contributed by atoms with Crippen molar-refractivity contribution >= 4 is 78.0 Å². The van der Waals surface area contributed by atoms with Gasteiger partial charge >= 0.3 is 0 Å². The number of fused-ring (bicyclic) bond motifs is 5. The van der Waals surface area contributed by atoms with E-state index in [9.17, 15) is 15.0 Å². The minimum Gasteiger partial charge on any atom is -0.504 e. The summed E-state index contributed by atoms with van der Waals surface area (Å²) in [6.45, 7) is 4.58. The van der Waals surface area contributed by atoms with Gasteiger partial charge in [-0.2, -0.15) is 0 Å². The predicted molar refractivity (Wildman–Crippen MR) is 178 cm³/mol. The van der Waals surface area contributed by atoms with Gasteiger partial charge in [0.05, 0.1) is 59.7 Å². The van der Waals surface area contributed by atoms with Gasteiger partial charge in [0, 0.05) is 68.2 Å². The standard InChI is InChI=1S/C34H30N2O7S2/c1-12-11-14-16-17-19-22(21-18(16)23(27(38)29(14)40-3)25-33(31(21)42-5)44-9-7-35-25)32(43-6)34-26(36-8-10-45-34)24(19)28(39)30(41-4)20(17)15(12)13(2)37/h38-39H,7-11H2,1-6H3. The molecule has 0 aromatic heterocycles. The summed E-state index contributed by atoms with van der Waals surface area (Å²) in [4.78, 5) is 25.1. The molecule has 0 fully saturated rings. The van der Waals surface area contributed by atoms with Gasteiger partial charge in [-0.3, -0.25) is 14.8 Å². The highest BCUT2D eigenvalue weighted by Crippen LogP contribution is 2.60. The number of hydrogen-bond donors (Lipinski definition) is 2. The molecule has 0 radical (unpaired) electrons. The van der Waals surface area contributed by atoms with Crippen molar-refractivity contribution in [3.63, 3.8) is 0 Å². The number of carbonyl (C=O) groups excluding carboxylic acids is 1. The highest BCUT2D eigenvalue weighted by molar-refractivity contribution is 7.99. The molecule has 2 heterocycles. The molecule has 0 saturated carbocycles. The van der Waals surface area contributed by atoms with Crippen LogP contribution in [0.15, 0.2) is 25.3 Å². The van der Waals surface area contributed by atoms with Gasteiger partial charge in [-0.25, -0.2) is 0 Å². The molecule has 1 aliphatic carbocycles. The lowest BCUT2D eigenvalue weighted by atomic mass is 9.82. The molecule has 230 valence electrons. The number of methoxy groups -OCH3 is 4. The Hall–Kier alpha value is -4.09. The first-order valence-corrected chi connectivity index (χ1v) is 16.6. The summed E-state index contributed by atoms with van der Waals surface area (Å²) in [6, 6.07) is 0. The Morgan fingerprint density at radius 1 is 0.667 bits per heavy atom. The summed E-state index contributed by atoms with van der Waals surface area (Å²) >= 11 is 3.25. The van der Waals surface area contributed by atoms with Crippen LogP contribution in [-0.4, -0.2) is 69.0 Å². The number of phenols is 2. The van der Waals surface area contributed by atoms with Gasteiger partial charge < -0.3 is 29.2 Å². The first-order chi connectivity index (χ1) is 21.8. The zero-order valence-corrected chi connectivity index (χ0v) is 27.3. The minimum atomic E-state index is -0.167. The molecule has 0 bridgehead atoms. The van der Waals surface area contributed by atoms with Crippen molar-refractivity contribution in [2.45, 2.75) is 30.1 Å². The van der Waals surface area contributed by atoms with Crippen LogP contribution in [0.25, 0.3) is 48.7 Å². The van der Waals surface area contributed by atoms with Gasteiger partial charge in [0.2, 0.25) is 0 Å². The Morgan fingerprint density at radius 3 is 1.64 bits per heavy atom. The third-order valence-electron chi connectivity index (χ3n) is 9.23. The number of ketones is 1. The van der Waals surface area contributed by atoms with Crippen molar-refractivity contribution in [2.75, 3.05) is 53.0 Å². The summed E-state index contributed by atoms with van der Waals surface area (Å²) in [5.74, 6) is 3.00. The van der Waals surface area contributed by atoms with E-state index >= 15 is 0 Å². The van der Waals surface area contributed by atoms with E-state index in [1.54, 1.807) is 44.9 Å². The van der Waals surface area contributed by atoms with E-state index in [0.29, 0.717) is 85.5 Å². The highest BCUT2D eigenvalue weighted by atomic mass is 32.2. The quantitative estimate of drug-likeness (QED) is 0.188. The third-order valence-corrected chi connectivity index (χ3v) is 11.3. The fourth-order valence-electron chi connectivity index (χ4n) is 7.78. The van der Waals surface area contributed by atoms with E-state index in [4.69, 9.17) is 28.9 Å². The van der Waals surface area contributed by atoms with E-state index in [1.165, 1.54) is 14.0 Å². The van der Waals surface area contributed by atoms with E-state index in [1.807, 2.05) is 6.92 Å². The number of thioether (sulfide) groups is 2. The minimum absolute atomic E-state index is 0.00924. The number of phenolic OH excluding ortho intramolecular Hbond substituents is 2. The molecule has 0 spiro atoms. The zero-order valence-electron chi connectivity index (χ0n) is 25.7. The van der Waals surface area contributed by atoms with Gasteiger partial charge in [0.25, 0.3) is 0 Å². The molecule has 8 rings (SSSR count). The van der Waals surface area contributed by atoms with Crippen molar-refractivity contribution < 1.29 is 34.0 Å². The summed E-state index contributed by atoms with van der Waals surface area (Å²) in [6.07, 6.45) is 0.319. The summed E-state index contributed by atoms with van der Waals surface area (Å²) in [5.41, 5.74) is 2.44. The first-order valence-electron chi connectivity index (χ1n) is 14.6. The Kier molecular flexibility index (Phi) is 6.28. The van der Waals surface area contributed by atoms with E-state index < -0.39 is 0 Å². The number of rotatable bonds is 5. The maximum atomic E-state index is 13.6. The van der Waals surface area contributed by atoms with Gasteiger partial charge in [-0.15, -0.1) is 23.5 Å². The monoisotopic (exact) mass is 642 g/mol. The smallest absolute Gasteiger partial charge is 0.169 e. The average molecular weight is 643 g/mol. The lowest BCUT2D eigenvalue weighted by Crippen LogP contribution is -2.19. The fourth-order valence-corrected chi connectivity index (χ4v) is 9.79. The second kappa shape index (κ2) is 9.95. The number of ether oxygens (including phenoxy) is 4. The van der Waals surface area contributed by atoms with E-state index in [0.717, 1.165) is 48.6 Å². The van der Waals surface area contributed by atoms with Crippen LogP contribution in [-0.2, 0) is 11.2 Å². The highest BCUT2D eigenvalue weighted by Gasteiger charge is 2.38. The normalized spacial score (nSPS) is 15.7. The van der Waals surface area contributed by atoms with Crippen LogP contribution in [0.1, 0.15) is 25.0 Å². The Bertz CT molecular complexity index is 2360. The van der Waals surface area contributed by atoms with Crippen LogP contribution in [0.4, 0.5) is 0 Å². The first kappa shape index (κ1) is 28.4. The number of carbonyl (C=O) groups is 1. The summed E-state index contributed by atoms with van der Waals surface area (Å²) in [5, 5.41) is 31.0. The molecule has 5 aromatic rings. The van der Waals surface area contributed by atoms with Crippen molar-refractivity contribution in [1.82, 2.24) is 0 Å². The van der Waals surface area contributed by atoms with Crippen LogP contribution in [0, 0.1) is 0 Å². The molecule has 5 aromatic carbocycles. The molecular weight excluding hydrogens is 613 g/mol. The Labute approximate surface area is 266 Å². The SMILES string of the molecule is COc1c(O)c2c3c(c(OC)c4c5c(OC)c6c(c7c(O)c(OC)c8c(c(c1CC(C)=C8C(C)=O)c24)c75)=NCCS6)SCCN=3. The maximum absolute atomic E-state index is 13.6. The average Bonchev–Trinajstić information content (AvgIpc) is 3.17. The molecule has 11 heteroatoms. The van der Waals surface area contributed by atoms with Crippen LogP contribution in [0.2, 0.25) is 0 Å². The molecule has 0 atom stereocenters. The molecular formula is C34H30N2O7S2. The number of allylic oxidation sites excluding steroid dienone is 2. The summed E-state index contributed by atoms with van der Waals surface area (Å²) in [7, 11) is 6.33. The second-order valence-electron chi connectivity index (χ2n) is 11.4. The Balaban J connectivity index is 1.90. The molecule has 0 unspecified atom stereocenters. The van der Waals surface area contributed by atoms with Gasteiger partial charge in [-0.05, 0) is 25.7 Å². The van der Waals surface area contributed by atoms with Crippen LogP contribution < -0.4 is 29.7 Å². The van der Waals surface area contributed by atoms with Gasteiger partial charge in [-0.1, -0.05) is 5.57 Å². The number of Topliss-reactive ketones (excluding diaryl/α,β-unsaturated/α-hetero) is 1. The molecule has 2 aliphatic heterocycles. The van der Waals surface area contributed by atoms with E-state index in [-0.39, 0.29) is 23.0 Å². The molecule has 9 nitrogen and oxygen atoms in total. The van der Waals surface area contributed by atoms with E-state index in [2.05, 4.69) is 0 Å². The maximum Gasteiger partial charge on any atom is 0.169 e. The molecule has 2 N–H and O–H groups in total. The molecule has 3 aliphatic rings. The van der Waals surface area contributed by atoms with Crippen LogP contribution >= 0.6 is 23.5 Å². The van der Waals surface area contributed by atoms with Crippen LogP contribution in [0.3, 0.4) is 0 Å². The third kappa shape index (κ3) is 3.40. The Morgan fingerprint density at radius 2 is 1.16 bits per heavy atom. The fraction of sp³-hybridized carbons (Fsp3) is 0.324.